The molecule has 1 aromatic heterocycles. The summed E-state index contributed by atoms with van der Waals surface area (Å²) in [5, 5.41) is 4.92. The summed E-state index contributed by atoms with van der Waals surface area (Å²) >= 11 is 0. The van der Waals surface area contributed by atoms with E-state index in [1.165, 1.54) is 36.8 Å². The molecule has 1 fully saturated rings. The summed E-state index contributed by atoms with van der Waals surface area (Å²) in [6.45, 7) is 3.30. The zero-order valence-electron chi connectivity index (χ0n) is 11.6. The van der Waals surface area contributed by atoms with Crippen molar-refractivity contribution in [2.24, 2.45) is 5.92 Å². The number of hydrogen-bond donors (Lipinski definition) is 1. The van der Waals surface area contributed by atoms with Crippen LogP contribution in [0.1, 0.15) is 44.3 Å². The summed E-state index contributed by atoms with van der Waals surface area (Å²) in [7, 11) is 0. The van der Waals surface area contributed by atoms with Crippen LogP contribution in [0, 0.1) is 5.92 Å². The molecule has 2 aromatic rings. The minimum atomic E-state index is 0.443. The third-order valence-electron chi connectivity index (χ3n) is 4.17. The molecule has 100 valence electrons. The van der Waals surface area contributed by atoms with Crippen LogP contribution < -0.4 is 5.32 Å². The number of nitrogens with zero attached hydrogens (tertiary/aromatic N) is 1. The van der Waals surface area contributed by atoms with Crippen LogP contribution in [-0.2, 0) is 0 Å². The van der Waals surface area contributed by atoms with Crippen molar-refractivity contribution >= 4 is 10.9 Å². The highest BCUT2D eigenvalue weighted by atomic mass is 14.9. The number of fused-ring (bicyclic) bond motifs is 1. The molecule has 0 radical (unpaired) electrons. The van der Waals surface area contributed by atoms with Crippen LogP contribution in [0.25, 0.3) is 10.9 Å². The van der Waals surface area contributed by atoms with Gasteiger partial charge in [-0.15, -0.1) is 0 Å². The number of para-hydroxylation sites is 1. The highest BCUT2D eigenvalue weighted by Gasteiger charge is 2.28. The first-order valence-electron chi connectivity index (χ1n) is 7.47. The van der Waals surface area contributed by atoms with Gasteiger partial charge in [0.15, 0.2) is 0 Å². The van der Waals surface area contributed by atoms with Crippen LogP contribution in [0.3, 0.4) is 0 Å². The maximum Gasteiger partial charge on any atom is 0.0706 e. The number of nitrogens with one attached hydrogen (secondary N) is 1. The molecule has 2 heteroatoms. The predicted octanol–water partition coefficient (Wildman–Crippen LogP) is 4.08. The van der Waals surface area contributed by atoms with Gasteiger partial charge >= 0.3 is 0 Å². The summed E-state index contributed by atoms with van der Waals surface area (Å²) in [5.74, 6) is 0.778. The third kappa shape index (κ3) is 2.64. The molecule has 1 aliphatic rings. The molecule has 0 aliphatic heterocycles. The van der Waals surface area contributed by atoms with Gasteiger partial charge in [0.1, 0.15) is 0 Å². The lowest BCUT2D eigenvalue weighted by atomic mass is 9.78. The molecular formula is C17H22N2. The fourth-order valence-electron chi connectivity index (χ4n) is 2.84. The number of rotatable bonds is 5. The number of hydrogen-bond acceptors (Lipinski definition) is 2. The Morgan fingerprint density at radius 3 is 2.79 bits per heavy atom. The van der Waals surface area contributed by atoms with E-state index in [0.717, 1.165) is 18.0 Å². The molecule has 1 unspecified atom stereocenters. The topological polar surface area (TPSA) is 24.9 Å². The molecule has 1 saturated carbocycles. The van der Waals surface area contributed by atoms with Crippen LogP contribution >= 0.6 is 0 Å². The highest BCUT2D eigenvalue weighted by Crippen LogP contribution is 2.37. The molecule has 0 bridgehead atoms. The molecule has 3 rings (SSSR count). The first-order valence-corrected chi connectivity index (χ1v) is 7.47. The minimum absolute atomic E-state index is 0.443. The Hall–Kier alpha value is -1.41. The van der Waals surface area contributed by atoms with Crippen molar-refractivity contribution in [1.29, 1.82) is 0 Å². The second kappa shape index (κ2) is 5.70. The Morgan fingerprint density at radius 1 is 1.21 bits per heavy atom. The third-order valence-corrected chi connectivity index (χ3v) is 4.17. The van der Waals surface area contributed by atoms with Crippen LogP contribution in [0.5, 0.6) is 0 Å². The maximum atomic E-state index is 4.87. The van der Waals surface area contributed by atoms with Gasteiger partial charge < -0.3 is 5.32 Å². The van der Waals surface area contributed by atoms with Crippen LogP contribution in [0.4, 0.5) is 0 Å². The normalized spacial score (nSPS) is 17.3. The van der Waals surface area contributed by atoms with E-state index in [0.29, 0.717) is 6.04 Å². The number of pyridine rings is 1. The van der Waals surface area contributed by atoms with Crippen molar-refractivity contribution in [2.75, 3.05) is 6.54 Å². The lowest BCUT2D eigenvalue weighted by Crippen LogP contribution is -2.33. The molecule has 2 nitrogen and oxygen atoms in total. The zero-order chi connectivity index (χ0) is 13.1. The molecule has 1 N–H and O–H groups in total. The monoisotopic (exact) mass is 254 g/mol. The highest BCUT2D eigenvalue weighted by molar-refractivity contribution is 5.78. The lowest BCUT2D eigenvalue weighted by Gasteiger charge is -2.34. The quantitative estimate of drug-likeness (QED) is 0.869. The molecule has 1 aromatic carbocycles. The first-order chi connectivity index (χ1) is 9.38. The lowest BCUT2D eigenvalue weighted by molar-refractivity contribution is 0.228. The fraction of sp³-hybridized carbons (Fsp3) is 0.471. The van der Waals surface area contributed by atoms with Gasteiger partial charge in [-0.3, -0.25) is 4.98 Å². The molecule has 1 atom stereocenters. The van der Waals surface area contributed by atoms with E-state index >= 15 is 0 Å². The molecular weight excluding hydrogens is 232 g/mol. The molecule has 19 heavy (non-hydrogen) atoms. The summed E-state index contributed by atoms with van der Waals surface area (Å²) in [5.41, 5.74) is 2.33. The molecule has 1 heterocycles. The molecule has 0 amide bonds. The average Bonchev–Trinajstić information content (AvgIpc) is 2.40. The number of aromatic nitrogens is 1. The standard InChI is InChI=1S/C17H22N2/c1-2-12-18-17(14-7-5-8-14)16-11-10-13-6-3-4-9-15(13)19-16/h3-4,6,9-11,14,17-18H,2,5,7-8,12H2,1H3. The van der Waals surface area contributed by atoms with E-state index in [1.807, 2.05) is 0 Å². The second-order valence-corrected chi connectivity index (χ2v) is 5.55. The SMILES string of the molecule is CCCNC(c1ccc2ccccc2n1)C1CCC1. The van der Waals surface area contributed by atoms with E-state index < -0.39 is 0 Å². The van der Waals surface area contributed by atoms with Crippen molar-refractivity contribution in [1.82, 2.24) is 10.3 Å². The average molecular weight is 254 g/mol. The Kier molecular flexibility index (Phi) is 3.79. The van der Waals surface area contributed by atoms with E-state index in [2.05, 4.69) is 48.6 Å². The van der Waals surface area contributed by atoms with Gasteiger partial charge in [-0.05, 0) is 43.9 Å². The van der Waals surface area contributed by atoms with Crippen LogP contribution in [0.2, 0.25) is 0 Å². The van der Waals surface area contributed by atoms with Crippen molar-refractivity contribution in [3.8, 4) is 0 Å². The predicted molar refractivity (Wildman–Crippen MR) is 80.1 cm³/mol. The second-order valence-electron chi connectivity index (χ2n) is 5.55. The maximum absolute atomic E-state index is 4.87. The Labute approximate surface area is 115 Å². The van der Waals surface area contributed by atoms with E-state index in [-0.39, 0.29) is 0 Å². The van der Waals surface area contributed by atoms with E-state index in [9.17, 15) is 0 Å². The van der Waals surface area contributed by atoms with Gasteiger partial charge in [0.05, 0.1) is 17.3 Å². The molecule has 0 saturated heterocycles. The molecule has 1 aliphatic carbocycles. The van der Waals surface area contributed by atoms with E-state index in [1.54, 1.807) is 0 Å². The van der Waals surface area contributed by atoms with Gasteiger partial charge in [-0.1, -0.05) is 37.6 Å². The van der Waals surface area contributed by atoms with E-state index in [4.69, 9.17) is 4.98 Å². The van der Waals surface area contributed by atoms with Gasteiger partial charge in [0, 0.05) is 5.39 Å². The fourth-order valence-corrected chi connectivity index (χ4v) is 2.84. The zero-order valence-corrected chi connectivity index (χ0v) is 11.6. The van der Waals surface area contributed by atoms with Gasteiger partial charge in [0.2, 0.25) is 0 Å². The molecule has 0 spiro atoms. The Balaban J connectivity index is 1.89. The summed E-state index contributed by atoms with van der Waals surface area (Å²) in [6.07, 6.45) is 5.24. The number of benzene rings is 1. The Morgan fingerprint density at radius 2 is 2.05 bits per heavy atom. The smallest absolute Gasteiger partial charge is 0.0706 e. The minimum Gasteiger partial charge on any atom is -0.308 e. The van der Waals surface area contributed by atoms with Crippen LogP contribution in [-0.4, -0.2) is 11.5 Å². The Bertz CT molecular complexity index is 546. The van der Waals surface area contributed by atoms with Crippen molar-refractivity contribution in [3.63, 3.8) is 0 Å². The van der Waals surface area contributed by atoms with Crippen molar-refractivity contribution in [3.05, 3.63) is 42.1 Å². The summed E-state index contributed by atoms with van der Waals surface area (Å²) in [6, 6.07) is 13.2. The summed E-state index contributed by atoms with van der Waals surface area (Å²) in [4.78, 5) is 4.87. The summed E-state index contributed by atoms with van der Waals surface area (Å²) < 4.78 is 0. The van der Waals surface area contributed by atoms with Crippen LogP contribution in [0.15, 0.2) is 36.4 Å². The first kappa shape index (κ1) is 12.6. The van der Waals surface area contributed by atoms with Gasteiger partial charge in [-0.2, -0.15) is 0 Å². The van der Waals surface area contributed by atoms with Gasteiger partial charge in [0.25, 0.3) is 0 Å². The largest absolute Gasteiger partial charge is 0.308 e. The van der Waals surface area contributed by atoms with Crippen molar-refractivity contribution < 1.29 is 0 Å². The van der Waals surface area contributed by atoms with Gasteiger partial charge in [-0.25, -0.2) is 0 Å². The van der Waals surface area contributed by atoms with Crippen molar-refractivity contribution in [2.45, 2.75) is 38.6 Å².